The van der Waals surface area contributed by atoms with Crippen molar-refractivity contribution in [2.45, 2.75) is 20.4 Å². The maximum atomic E-state index is 6.21. The zero-order chi connectivity index (χ0) is 12.4. The summed E-state index contributed by atoms with van der Waals surface area (Å²) in [7, 11) is 0. The smallest absolute Gasteiger partial charge is 0.0568 e. The molecule has 1 aromatic carbocycles. The lowest BCUT2D eigenvalue weighted by molar-refractivity contribution is 0.483. The van der Waals surface area contributed by atoms with E-state index < -0.39 is 0 Å². The minimum absolute atomic E-state index is 0.586. The fraction of sp³-hybridized carbons (Fsp3) is 0.308. The molecule has 1 heterocycles. The third-order valence-corrected chi connectivity index (χ3v) is 3.23. The van der Waals surface area contributed by atoms with Crippen LogP contribution in [0, 0.1) is 5.92 Å². The lowest BCUT2D eigenvalue weighted by atomic mass is 10.1. The Labute approximate surface area is 115 Å². The quantitative estimate of drug-likeness (QED) is 0.808. The van der Waals surface area contributed by atoms with Crippen LogP contribution in [0.2, 0.25) is 5.02 Å². The number of nitrogens with zero attached hydrogens (tertiary/aromatic N) is 2. The number of hydrogen-bond acceptors (Lipinski definition) is 1. The second-order valence-electron chi connectivity index (χ2n) is 4.47. The van der Waals surface area contributed by atoms with Crippen molar-refractivity contribution in [1.82, 2.24) is 9.78 Å². The van der Waals surface area contributed by atoms with Gasteiger partial charge in [-0.1, -0.05) is 47.4 Å². The molecule has 0 aliphatic heterocycles. The van der Waals surface area contributed by atoms with E-state index in [0.29, 0.717) is 5.92 Å². The first-order chi connectivity index (χ1) is 8.06. The van der Waals surface area contributed by atoms with Crippen molar-refractivity contribution in [2.75, 3.05) is 0 Å². The van der Waals surface area contributed by atoms with Crippen LogP contribution >= 0.6 is 27.5 Å². The van der Waals surface area contributed by atoms with Crippen LogP contribution in [0.25, 0.3) is 11.1 Å². The summed E-state index contributed by atoms with van der Waals surface area (Å²) in [5.74, 6) is 0.586. The Bertz CT molecular complexity index is 520. The van der Waals surface area contributed by atoms with Crippen molar-refractivity contribution in [3.63, 3.8) is 0 Å². The zero-order valence-electron chi connectivity index (χ0n) is 9.82. The Balaban J connectivity index is 2.30. The summed E-state index contributed by atoms with van der Waals surface area (Å²) in [5.41, 5.74) is 2.08. The first kappa shape index (κ1) is 12.7. The van der Waals surface area contributed by atoms with Gasteiger partial charge in [-0.25, -0.2) is 0 Å². The van der Waals surface area contributed by atoms with Gasteiger partial charge in [-0.3, -0.25) is 4.68 Å². The first-order valence-electron chi connectivity index (χ1n) is 5.54. The molecule has 4 heteroatoms. The van der Waals surface area contributed by atoms with Crippen LogP contribution in [-0.4, -0.2) is 9.78 Å². The molecule has 17 heavy (non-hydrogen) atoms. The van der Waals surface area contributed by atoms with E-state index in [9.17, 15) is 0 Å². The Morgan fingerprint density at radius 3 is 2.82 bits per heavy atom. The standard InChI is InChI=1S/C13H14BrClN2/c1-9(2)7-17-8-10(6-16-17)12-4-3-11(14)5-13(12)15/h3-6,8-9H,7H2,1-2H3. The van der Waals surface area contributed by atoms with Crippen molar-refractivity contribution < 1.29 is 0 Å². The predicted octanol–water partition coefficient (Wildman–Crippen LogP) is 4.62. The molecule has 2 rings (SSSR count). The maximum absolute atomic E-state index is 6.21. The average Bonchev–Trinajstić information content (AvgIpc) is 2.65. The lowest BCUT2D eigenvalue weighted by Gasteiger charge is -2.04. The molecule has 2 aromatic rings. The molecule has 0 N–H and O–H groups in total. The normalized spacial score (nSPS) is 11.1. The van der Waals surface area contributed by atoms with Crippen molar-refractivity contribution in [3.8, 4) is 11.1 Å². The highest BCUT2D eigenvalue weighted by Gasteiger charge is 2.07. The zero-order valence-corrected chi connectivity index (χ0v) is 12.2. The van der Waals surface area contributed by atoms with E-state index in [0.717, 1.165) is 27.2 Å². The van der Waals surface area contributed by atoms with Crippen molar-refractivity contribution >= 4 is 27.5 Å². The highest BCUT2D eigenvalue weighted by atomic mass is 79.9. The maximum Gasteiger partial charge on any atom is 0.0568 e. The van der Waals surface area contributed by atoms with E-state index in [1.807, 2.05) is 35.3 Å². The molecule has 0 saturated carbocycles. The molecule has 0 aliphatic rings. The van der Waals surface area contributed by atoms with Gasteiger partial charge < -0.3 is 0 Å². The molecule has 0 spiro atoms. The minimum atomic E-state index is 0.586. The topological polar surface area (TPSA) is 17.8 Å². The van der Waals surface area contributed by atoms with Crippen LogP contribution in [-0.2, 0) is 6.54 Å². The predicted molar refractivity (Wildman–Crippen MR) is 75.2 cm³/mol. The van der Waals surface area contributed by atoms with Gasteiger partial charge >= 0.3 is 0 Å². The van der Waals surface area contributed by atoms with Gasteiger partial charge in [-0.05, 0) is 18.1 Å². The second kappa shape index (κ2) is 5.23. The number of halogens is 2. The van der Waals surface area contributed by atoms with Crippen LogP contribution in [0.15, 0.2) is 35.1 Å². The molecule has 0 radical (unpaired) electrons. The van der Waals surface area contributed by atoms with Crippen LogP contribution in [0.5, 0.6) is 0 Å². The van der Waals surface area contributed by atoms with Crippen molar-refractivity contribution in [1.29, 1.82) is 0 Å². The highest BCUT2D eigenvalue weighted by molar-refractivity contribution is 9.10. The van der Waals surface area contributed by atoms with E-state index in [4.69, 9.17) is 11.6 Å². The molecule has 0 aliphatic carbocycles. The summed E-state index contributed by atoms with van der Waals surface area (Å²) < 4.78 is 2.94. The van der Waals surface area contributed by atoms with Gasteiger partial charge in [0, 0.05) is 33.4 Å². The van der Waals surface area contributed by atoms with Crippen LogP contribution in [0.1, 0.15) is 13.8 Å². The van der Waals surface area contributed by atoms with E-state index in [1.54, 1.807) is 0 Å². The molecule has 0 unspecified atom stereocenters. The lowest BCUT2D eigenvalue weighted by Crippen LogP contribution is -2.03. The second-order valence-corrected chi connectivity index (χ2v) is 5.79. The van der Waals surface area contributed by atoms with E-state index in [2.05, 4.69) is 34.9 Å². The average molecular weight is 314 g/mol. The highest BCUT2D eigenvalue weighted by Crippen LogP contribution is 2.30. The molecule has 0 fully saturated rings. The van der Waals surface area contributed by atoms with Gasteiger partial charge in [0.2, 0.25) is 0 Å². The summed E-state index contributed by atoms with van der Waals surface area (Å²) in [6, 6.07) is 5.89. The number of benzene rings is 1. The summed E-state index contributed by atoms with van der Waals surface area (Å²) in [5, 5.41) is 5.08. The third kappa shape index (κ3) is 3.11. The van der Waals surface area contributed by atoms with Gasteiger partial charge in [-0.2, -0.15) is 5.10 Å². The van der Waals surface area contributed by atoms with E-state index >= 15 is 0 Å². The minimum Gasteiger partial charge on any atom is -0.272 e. The monoisotopic (exact) mass is 312 g/mol. The summed E-state index contributed by atoms with van der Waals surface area (Å²) in [6.07, 6.45) is 3.90. The Morgan fingerprint density at radius 2 is 2.18 bits per heavy atom. The molecule has 2 nitrogen and oxygen atoms in total. The van der Waals surface area contributed by atoms with Gasteiger partial charge in [-0.15, -0.1) is 0 Å². The van der Waals surface area contributed by atoms with E-state index in [-0.39, 0.29) is 0 Å². The first-order valence-corrected chi connectivity index (χ1v) is 6.71. The number of rotatable bonds is 3. The Kier molecular flexibility index (Phi) is 3.89. The number of aromatic nitrogens is 2. The molecule has 0 atom stereocenters. The Hall–Kier alpha value is -0.800. The molecule has 90 valence electrons. The van der Waals surface area contributed by atoms with Crippen LogP contribution < -0.4 is 0 Å². The molecule has 0 bridgehead atoms. The Morgan fingerprint density at radius 1 is 1.41 bits per heavy atom. The molecule has 0 saturated heterocycles. The van der Waals surface area contributed by atoms with Gasteiger partial charge in [0.25, 0.3) is 0 Å². The van der Waals surface area contributed by atoms with Crippen molar-refractivity contribution in [2.24, 2.45) is 5.92 Å². The van der Waals surface area contributed by atoms with Crippen LogP contribution in [0.3, 0.4) is 0 Å². The van der Waals surface area contributed by atoms with Gasteiger partial charge in [0.15, 0.2) is 0 Å². The van der Waals surface area contributed by atoms with Gasteiger partial charge in [0.1, 0.15) is 0 Å². The van der Waals surface area contributed by atoms with Crippen molar-refractivity contribution in [3.05, 3.63) is 40.1 Å². The molecular formula is C13H14BrClN2. The molecular weight excluding hydrogens is 300 g/mol. The molecule has 1 aromatic heterocycles. The van der Waals surface area contributed by atoms with E-state index in [1.165, 1.54) is 0 Å². The SMILES string of the molecule is CC(C)Cn1cc(-c2ccc(Br)cc2Cl)cn1. The summed E-state index contributed by atoms with van der Waals surface area (Å²) in [6.45, 7) is 5.27. The fourth-order valence-electron chi connectivity index (χ4n) is 1.70. The summed E-state index contributed by atoms with van der Waals surface area (Å²) >= 11 is 9.61. The molecule has 0 amide bonds. The third-order valence-electron chi connectivity index (χ3n) is 2.43. The number of hydrogen-bond donors (Lipinski definition) is 0. The largest absolute Gasteiger partial charge is 0.272 e. The van der Waals surface area contributed by atoms with Crippen LogP contribution in [0.4, 0.5) is 0 Å². The fourth-order valence-corrected chi connectivity index (χ4v) is 2.48. The van der Waals surface area contributed by atoms with Gasteiger partial charge in [0.05, 0.1) is 6.20 Å². The summed E-state index contributed by atoms with van der Waals surface area (Å²) in [4.78, 5) is 0.